The number of nitrogens with one attached hydrogen (secondary N) is 1. The molecule has 0 saturated heterocycles. The molecule has 0 spiro atoms. The van der Waals surface area contributed by atoms with Gasteiger partial charge in [0.05, 0.1) is 11.6 Å². The zero-order valence-corrected chi connectivity index (χ0v) is 20.6. The zero-order chi connectivity index (χ0) is 23.1. The summed E-state index contributed by atoms with van der Waals surface area (Å²) in [5, 5.41) is 12.2. The van der Waals surface area contributed by atoms with Crippen molar-refractivity contribution in [3.8, 4) is 17.6 Å². The largest absolute Gasteiger partial charge is 0.493 e. The number of ether oxygens (including phenoxy) is 2. The van der Waals surface area contributed by atoms with E-state index < -0.39 is 5.91 Å². The van der Waals surface area contributed by atoms with E-state index in [-0.39, 0.29) is 18.0 Å². The van der Waals surface area contributed by atoms with Crippen molar-refractivity contribution >= 4 is 56.2 Å². The number of hydrogen-bond donors (Lipinski definition) is 1. The highest BCUT2D eigenvalue weighted by molar-refractivity contribution is 14.1. The fraction of sp³-hybridized carbons (Fsp3) is 0.0833. The molecule has 1 amide bonds. The number of hydrogen-bond acceptors (Lipinski definition) is 4. The van der Waals surface area contributed by atoms with Crippen LogP contribution >= 0.6 is 38.5 Å². The van der Waals surface area contributed by atoms with Gasteiger partial charge in [-0.1, -0.05) is 12.1 Å². The van der Waals surface area contributed by atoms with E-state index in [2.05, 4.69) is 43.8 Å². The molecule has 3 rings (SSSR count). The number of benzene rings is 3. The lowest BCUT2D eigenvalue weighted by atomic mass is 10.1. The van der Waals surface area contributed by atoms with Crippen molar-refractivity contribution in [3.63, 3.8) is 0 Å². The third kappa shape index (κ3) is 6.31. The van der Waals surface area contributed by atoms with Crippen molar-refractivity contribution in [1.82, 2.24) is 0 Å². The highest BCUT2D eigenvalue weighted by Gasteiger charge is 2.14. The molecule has 0 bridgehead atoms. The maximum absolute atomic E-state index is 13.1. The Balaban J connectivity index is 1.80. The first-order valence-electron chi connectivity index (χ1n) is 9.33. The minimum Gasteiger partial charge on any atom is -0.493 e. The molecule has 0 atom stereocenters. The van der Waals surface area contributed by atoms with E-state index in [0.29, 0.717) is 27.2 Å². The summed E-state index contributed by atoms with van der Waals surface area (Å²) in [4.78, 5) is 12.5. The van der Waals surface area contributed by atoms with Gasteiger partial charge in [0.15, 0.2) is 11.5 Å². The maximum atomic E-state index is 13.1. The van der Waals surface area contributed by atoms with E-state index in [9.17, 15) is 14.4 Å². The van der Waals surface area contributed by atoms with Crippen LogP contribution in [0.25, 0.3) is 6.08 Å². The maximum Gasteiger partial charge on any atom is 0.266 e. The molecule has 0 saturated carbocycles. The molecule has 0 aliphatic heterocycles. The summed E-state index contributed by atoms with van der Waals surface area (Å²) in [5.74, 6) is 0.0438. The van der Waals surface area contributed by atoms with Gasteiger partial charge in [-0.15, -0.1) is 0 Å². The number of anilines is 1. The van der Waals surface area contributed by atoms with Crippen LogP contribution in [0.1, 0.15) is 11.1 Å². The number of nitriles is 1. The SMILES string of the molecule is COc1cc(/C=C(\C#N)C(=O)Nc2ccc(I)cc2)cc(Br)c1OCc1ccc(F)cc1. The average Bonchev–Trinajstić information content (AvgIpc) is 2.79. The van der Waals surface area contributed by atoms with Crippen LogP contribution in [0, 0.1) is 20.7 Å². The standard InChI is InChI=1S/C24H17BrFIN2O3/c1-31-22-12-16(10-17(13-28)24(30)29-20-8-6-19(27)7-9-20)11-21(25)23(22)32-14-15-2-4-18(26)5-3-15/h2-12H,14H2,1H3,(H,29,30)/b17-10+. The lowest BCUT2D eigenvalue weighted by Gasteiger charge is -2.14. The molecule has 162 valence electrons. The summed E-state index contributed by atoms with van der Waals surface area (Å²) < 4.78 is 26.0. The Morgan fingerprint density at radius 3 is 2.50 bits per heavy atom. The second-order valence-corrected chi connectivity index (χ2v) is 8.68. The van der Waals surface area contributed by atoms with Crippen LogP contribution in [0.3, 0.4) is 0 Å². The molecule has 0 aliphatic rings. The van der Waals surface area contributed by atoms with Gasteiger partial charge in [0.1, 0.15) is 24.1 Å². The van der Waals surface area contributed by atoms with Gasteiger partial charge in [-0.2, -0.15) is 5.26 Å². The third-order valence-corrected chi connectivity index (χ3v) is 5.63. The second kappa shape index (κ2) is 11.1. The number of nitrogens with zero attached hydrogens (tertiary/aromatic N) is 1. The van der Waals surface area contributed by atoms with E-state index in [0.717, 1.165) is 9.13 Å². The lowest BCUT2D eigenvalue weighted by molar-refractivity contribution is -0.112. The van der Waals surface area contributed by atoms with Crippen molar-refractivity contribution < 1.29 is 18.7 Å². The minimum absolute atomic E-state index is 0.0579. The van der Waals surface area contributed by atoms with Gasteiger partial charge >= 0.3 is 0 Å². The summed E-state index contributed by atoms with van der Waals surface area (Å²) in [6, 6.07) is 18.6. The Morgan fingerprint density at radius 2 is 1.88 bits per heavy atom. The molecule has 0 heterocycles. The number of rotatable bonds is 7. The van der Waals surface area contributed by atoms with E-state index >= 15 is 0 Å². The molecule has 0 aromatic heterocycles. The van der Waals surface area contributed by atoms with Crippen LogP contribution in [0.4, 0.5) is 10.1 Å². The van der Waals surface area contributed by atoms with E-state index in [1.54, 1.807) is 36.4 Å². The number of methoxy groups -OCH3 is 1. The van der Waals surface area contributed by atoms with Gasteiger partial charge < -0.3 is 14.8 Å². The van der Waals surface area contributed by atoms with Gasteiger partial charge in [-0.05, 0) is 104 Å². The van der Waals surface area contributed by atoms with Crippen LogP contribution in [0.5, 0.6) is 11.5 Å². The normalized spacial score (nSPS) is 10.9. The Kier molecular flexibility index (Phi) is 8.25. The molecule has 0 aliphatic carbocycles. The van der Waals surface area contributed by atoms with Crippen LogP contribution < -0.4 is 14.8 Å². The van der Waals surface area contributed by atoms with E-state index in [1.165, 1.54) is 25.3 Å². The Hall–Kier alpha value is -2.90. The fourth-order valence-electron chi connectivity index (χ4n) is 2.75. The highest BCUT2D eigenvalue weighted by Crippen LogP contribution is 2.37. The monoisotopic (exact) mass is 606 g/mol. The smallest absolute Gasteiger partial charge is 0.266 e. The third-order valence-electron chi connectivity index (χ3n) is 4.33. The number of carbonyl (C=O) groups excluding carboxylic acids is 1. The summed E-state index contributed by atoms with van der Waals surface area (Å²) in [6.07, 6.45) is 1.47. The first-order valence-corrected chi connectivity index (χ1v) is 11.2. The number of halogens is 3. The number of amides is 1. The van der Waals surface area contributed by atoms with Gasteiger partial charge in [-0.3, -0.25) is 4.79 Å². The van der Waals surface area contributed by atoms with Crippen molar-refractivity contribution in [3.05, 3.63) is 91.2 Å². The zero-order valence-electron chi connectivity index (χ0n) is 16.9. The predicted octanol–water partition coefficient (Wildman–Crippen LogP) is 6.33. The van der Waals surface area contributed by atoms with Crippen LogP contribution in [-0.2, 0) is 11.4 Å². The first-order chi connectivity index (χ1) is 15.4. The molecule has 1 N–H and O–H groups in total. The van der Waals surface area contributed by atoms with Crippen molar-refractivity contribution in [2.24, 2.45) is 0 Å². The molecule has 0 fully saturated rings. The highest BCUT2D eigenvalue weighted by atomic mass is 127. The average molecular weight is 607 g/mol. The number of carbonyl (C=O) groups is 1. The molecule has 8 heteroatoms. The van der Waals surface area contributed by atoms with Crippen LogP contribution in [0.15, 0.2) is 70.7 Å². The van der Waals surface area contributed by atoms with Crippen LogP contribution in [0.2, 0.25) is 0 Å². The molecular weight excluding hydrogens is 590 g/mol. The van der Waals surface area contributed by atoms with Crippen molar-refractivity contribution in [1.29, 1.82) is 5.26 Å². The molecule has 3 aromatic rings. The molecular formula is C24H17BrFIN2O3. The second-order valence-electron chi connectivity index (χ2n) is 6.58. The van der Waals surface area contributed by atoms with Crippen molar-refractivity contribution in [2.45, 2.75) is 6.61 Å². The van der Waals surface area contributed by atoms with Gasteiger partial charge in [0.25, 0.3) is 5.91 Å². The van der Waals surface area contributed by atoms with E-state index in [4.69, 9.17) is 9.47 Å². The first kappa shape index (κ1) is 23.8. The lowest BCUT2D eigenvalue weighted by Crippen LogP contribution is -2.13. The summed E-state index contributed by atoms with van der Waals surface area (Å²) in [7, 11) is 1.49. The molecule has 0 unspecified atom stereocenters. The minimum atomic E-state index is -0.513. The summed E-state index contributed by atoms with van der Waals surface area (Å²) in [6.45, 7) is 0.215. The fourth-order valence-corrected chi connectivity index (χ4v) is 3.68. The summed E-state index contributed by atoms with van der Waals surface area (Å²) >= 11 is 5.63. The Morgan fingerprint density at radius 1 is 1.19 bits per heavy atom. The topological polar surface area (TPSA) is 71.3 Å². The van der Waals surface area contributed by atoms with Gasteiger partial charge in [0, 0.05) is 9.26 Å². The predicted molar refractivity (Wildman–Crippen MR) is 133 cm³/mol. The Labute approximate surface area is 207 Å². The quantitative estimate of drug-likeness (QED) is 0.194. The molecule has 32 heavy (non-hydrogen) atoms. The van der Waals surface area contributed by atoms with Crippen molar-refractivity contribution in [2.75, 3.05) is 12.4 Å². The Bertz CT molecular complexity index is 1190. The van der Waals surface area contributed by atoms with Gasteiger partial charge in [0.2, 0.25) is 0 Å². The van der Waals surface area contributed by atoms with E-state index in [1.807, 2.05) is 18.2 Å². The summed E-state index contributed by atoms with van der Waals surface area (Å²) in [5.41, 5.74) is 1.91. The molecule has 0 radical (unpaired) electrons. The van der Waals surface area contributed by atoms with Gasteiger partial charge in [-0.25, -0.2) is 4.39 Å². The van der Waals surface area contributed by atoms with Crippen LogP contribution in [-0.4, -0.2) is 13.0 Å². The molecule has 3 aromatic carbocycles. The molecule has 5 nitrogen and oxygen atoms in total.